The number of rotatable bonds is 10. The summed E-state index contributed by atoms with van der Waals surface area (Å²) >= 11 is 2.77. The molecule has 3 fully saturated rings. The first-order valence-electron chi connectivity index (χ1n) is 12.1. The molecule has 180 valence electrons. The van der Waals surface area contributed by atoms with Gasteiger partial charge in [0.2, 0.25) is 5.60 Å². The zero-order valence-electron chi connectivity index (χ0n) is 19.3. The number of hydrogen-bond donors (Lipinski definition) is 1. The van der Waals surface area contributed by atoms with Crippen molar-refractivity contribution in [2.75, 3.05) is 32.8 Å². The highest BCUT2D eigenvalue weighted by atomic mass is 32.1. The topological polar surface area (TPSA) is 55.8 Å². The highest BCUT2D eigenvalue weighted by Gasteiger charge is 2.51. The number of thiophene rings is 2. The fourth-order valence-electron chi connectivity index (χ4n) is 5.45. The minimum atomic E-state index is -1.73. The largest absolute Gasteiger partial charge is 0.453 e. The number of carbonyl (C=O) groups excluding carboxylic acids is 1. The summed E-state index contributed by atoms with van der Waals surface area (Å²) in [6, 6.07) is 17.6. The van der Waals surface area contributed by atoms with E-state index in [1.54, 1.807) is 0 Å². The Morgan fingerprint density at radius 3 is 2.29 bits per heavy atom. The van der Waals surface area contributed by atoms with Gasteiger partial charge >= 0.3 is 5.97 Å². The molecule has 3 saturated heterocycles. The predicted molar refractivity (Wildman–Crippen MR) is 135 cm³/mol. The van der Waals surface area contributed by atoms with Crippen LogP contribution in [-0.4, -0.2) is 54.4 Å². The van der Waals surface area contributed by atoms with Crippen molar-refractivity contribution in [3.63, 3.8) is 0 Å². The number of ether oxygens (including phenoxy) is 2. The molecule has 0 radical (unpaired) electrons. The van der Waals surface area contributed by atoms with E-state index in [4.69, 9.17) is 9.47 Å². The van der Waals surface area contributed by atoms with Crippen LogP contribution in [0, 0.1) is 5.92 Å². The maximum absolute atomic E-state index is 13.5. The molecule has 6 rings (SSSR count). The fraction of sp³-hybridized carbons (Fsp3) is 0.444. The van der Waals surface area contributed by atoms with Crippen LogP contribution in [0.5, 0.6) is 0 Å². The third-order valence-electron chi connectivity index (χ3n) is 7.38. The molecule has 0 aliphatic carbocycles. The molecule has 5 heterocycles. The number of benzene rings is 1. The van der Waals surface area contributed by atoms with Crippen molar-refractivity contribution < 1.29 is 23.9 Å². The number of esters is 1. The Balaban J connectivity index is 1.20. The standard InChI is InChI=1S/C27H32NO4S2/c29-26(27(30,24-9-4-17-33-24)25-10-5-18-34-25)32-23-19-28(14-11-22(23)12-15-28)13-6-16-31-20-21-7-2-1-3-8-21/h1-5,7-10,17-18,22-23,30H,6,11-16,19-20H2/q+1/t22?,23-,28?/m0/s1. The van der Waals surface area contributed by atoms with Gasteiger partial charge in [-0.15, -0.1) is 22.7 Å². The van der Waals surface area contributed by atoms with Gasteiger partial charge in [-0.05, 0) is 28.5 Å². The molecule has 0 spiro atoms. The van der Waals surface area contributed by atoms with Crippen LogP contribution in [0.25, 0.3) is 0 Å². The number of fused-ring (bicyclic) bond motifs is 3. The van der Waals surface area contributed by atoms with E-state index < -0.39 is 11.6 Å². The highest BCUT2D eigenvalue weighted by Crippen LogP contribution is 2.40. The van der Waals surface area contributed by atoms with Gasteiger partial charge in [0.1, 0.15) is 6.54 Å². The molecule has 1 aromatic carbocycles. The lowest BCUT2D eigenvalue weighted by molar-refractivity contribution is -0.946. The number of aliphatic hydroxyl groups is 1. The average molecular weight is 499 g/mol. The molecular weight excluding hydrogens is 466 g/mol. The van der Waals surface area contributed by atoms with Gasteiger partial charge in [0.25, 0.3) is 0 Å². The summed E-state index contributed by atoms with van der Waals surface area (Å²) < 4.78 is 13.0. The van der Waals surface area contributed by atoms with E-state index in [1.807, 2.05) is 53.2 Å². The Morgan fingerprint density at radius 2 is 1.68 bits per heavy atom. The van der Waals surface area contributed by atoms with Crippen LogP contribution in [0.1, 0.15) is 34.6 Å². The number of carbonyl (C=O) groups is 1. The molecular formula is C27H32NO4S2+. The Kier molecular flexibility index (Phi) is 7.18. The first-order chi connectivity index (χ1) is 16.6. The molecule has 3 aliphatic rings. The van der Waals surface area contributed by atoms with Crippen LogP contribution in [0.15, 0.2) is 65.4 Å². The number of quaternary nitrogens is 1. The van der Waals surface area contributed by atoms with Crippen molar-refractivity contribution in [3.8, 4) is 0 Å². The zero-order chi connectivity index (χ0) is 23.4. The van der Waals surface area contributed by atoms with Gasteiger partial charge in [-0.3, -0.25) is 0 Å². The molecule has 7 heteroatoms. The normalized spacial score (nSPS) is 24.3. The molecule has 0 saturated carbocycles. The molecule has 1 N–H and O–H groups in total. The summed E-state index contributed by atoms with van der Waals surface area (Å²) in [6.07, 6.45) is 2.98. The first kappa shape index (κ1) is 23.7. The maximum Gasteiger partial charge on any atom is 0.349 e. The highest BCUT2D eigenvalue weighted by molar-refractivity contribution is 7.12. The predicted octanol–water partition coefficient (Wildman–Crippen LogP) is 4.80. The summed E-state index contributed by atoms with van der Waals surface area (Å²) in [5.74, 6) is -0.158. The van der Waals surface area contributed by atoms with Crippen molar-refractivity contribution in [2.24, 2.45) is 5.92 Å². The fourth-order valence-corrected chi connectivity index (χ4v) is 7.16. The van der Waals surface area contributed by atoms with Crippen molar-refractivity contribution in [2.45, 2.75) is 37.6 Å². The van der Waals surface area contributed by atoms with Crippen molar-refractivity contribution >= 4 is 28.6 Å². The lowest BCUT2D eigenvalue weighted by Gasteiger charge is -2.52. The summed E-state index contributed by atoms with van der Waals surface area (Å²) in [5.41, 5.74) is -0.533. The second-order valence-corrected chi connectivity index (χ2v) is 11.4. The van der Waals surface area contributed by atoms with Gasteiger partial charge in [0.15, 0.2) is 6.10 Å². The average Bonchev–Trinajstić information content (AvgIpc) is 3.60. The third-order valence-corrected chi connectivity index (χ3v) is 9.34. The number of hydrogen-bond acceptors (Lipinski definition) is 6. The molecule has 3 aliphatic heterocycles. The van der Waals surface area contributed by atoms with Crippen LogP contribution in [-0.2, 0) is 26.5 Å². The Morgan fingerprint density at radius 1 is 1.00 bits per heavy atom. The lowest BCUT2D eigenvalue weighted by Crippen LogP contribution is -2.65. The Bertz CT molecular complexity index is 1010. The molecule has 5 nitrogen and oxygen atoms in total. The molecule has 0 unspecified atom stereocenters. The number of piperidine rings is 3. The van der Waals surface area contributed by atoms with E-state index in [0.717, 1.165) is 56.5 Å². The summed E-state index contributed by atoms with van der Waals surface area (Å²) in [4.78, 5) is 14.7. The van der Waals surface area contributed by atoms with Crippen molar-refractivity contribution in [1.82, 2.24) is 0 Å². The van der Waals surface area contributed by atoms with Crippen LogP contribution >= 0.6 is 22.7 Å². The van der Waals surface area contributed by atoms with Gasteiger partial charge in [-0.25, -0.2) is 4.79 Å². The van der Waals surface area contributed by atoms with Crippen molar-refractivity contribution in [1.29, 1.82) is 0 Å². The van der Waals surface area contributed by atoms with Gasteiger partial charge in [-0.1, -0.05) is 42.5 Å². The van der Waals surface area contributed by atoms with Gasteiger partial charge in [-0.2, -0.15) is 0 Å². The Hall–Kier alpha value is -2.03. The van der Waals surface area contributed by atoms with E-state index in [0.29, 0.717) is 22.3 Å². The Labute approximate surface area is 209 Å². The summed E-state index contributed by atoms with van der Waals surface area (Å²) in [7, 11) is 0. The molecule has 1 atom stereocenters. The van der Waals surface area contributed by atoms with Gasteiger partial charge in [0.05, 0.1) is 42.6 Å². The third kappa shape index (κ3) is 4.86. The van der Waals surface area contributed by atoms with Crippen LogP contribution < -0.4 is 0 Å². The minimum absolute atomic E-state index is 0.147. The van der Waals surface area contributed by atoms with E-state index in [-0.39, 0.29) is 6.10 Å². The monoisotopic (exact) mass is 498 g/mol. The smallest absolute Gasteiger partial charge is 0.349 e. The molecule has 0 amide bonds. The second-order valence-electron chi connectivity index (χ2n) is 9.53. The SMILES string of the molecule is O=C(O[C@H]1C[N+]2(CCCOCc3ccccc3)CCC1CC2)C(O)(c1cccs1)c1cccs1. The molecule has 3 aromatic rings. The number of nitrogens with zero attached hydrogens (tertiary/aromatic N) is 1. The quantitative estimate of drug-likeness (QED) is 0.248. The van der Waals surface area contributed by atoms with E-state index in [9.17, 15) is 9.90 Å². The van der Waals surface area contributed by atoms with Gasteiger partial charge < -0.3 is 19.1 Å². The van der Waals surface area contributed by atoms with Gasteiger partial charge in [0, 0.05) is 25.2 Å². The van der Waals surface area contributed by atoms with Crippen LogP contribution in [0.3, 0.4) is 0 Å². The lowest BCUT2D eigenvalue weighted by atomic mass is 9.83. The van der Waals surface area contributed by atoms with E-state index in [1.165, 1.54) is 28.2 Å². The van der Waals surface area contributed by atoms with Crippen LogP contribution in [0.2, 0.25) is 0 Å². The minimum Gasteiger partial charge on any atom is -0.453 e. The van der Waals surface area contributed by atoms with E-state index >= 15 is 0 Å². The summed E-state index contributed by atoms with van der Waals surface area (Å²) in [5, 5.41) is 15.4. The molecule has 2 aromatic heterocycles. The zero-order valence-corrected chi connectivity index (χ0v) is 20.9. The van der Waals surface area contributed by atoms with E-state index in [2.05, 4.69) is 12.1 Å². The summed E-state index contributed by atoms with van der Waals surface area (Å²) in [6.45, 7) is 5.53. The van der Waals surface area contributed by atoms with Crippen LogP contribution in [0.4, 0.5) is 0 Å². The maximum atomic E-state index is 13.5. The van der Waals surface area contributed by atoms with Crippen molar-refractivity contribution in [3.05, 3.63) is 80.7 Å². The first-order valence-corrected chi connectivity index (χ1v) is 13.8. The molecule has 2 bridgehead atoms. The molecule has 34 heavy (non-hydrogen) atoms. The second kappa shape index (κ2) is 10.3.